The van der Waals surface area contributed by atoms with Gasteiger partial charge >= 0.3 is 0 Å². The summed E-state index contributed by atoms with van der Waals surface area (Å²) in [5, 5.41) is 31.7. The molecule has 5 atom stereocenters. The van der Waals surface area contributed by atoms with E-state index in [9.17, 15) is 15.3 Å². The van der Waals surface area contributed by atoms with Gasteiger partial charge in [0, 0.05) is 6.20 Å². The number of aliphatic hydroxyl groups excluding tert-OH is 1. The predicted molar refractivity (Wildman–Crippen MR) is 72.0 cm³/mol. The molecule has 112 valence electrons. The number of nitrogen functional groups attached to an aromatic ring is 1. The summed E-state index contributed by atoms with van der Waals surface area (Å²) in [4.78, 5) is 8.08. The molecule has 8 heteroatoms. The molecule has 5 N–H and O–H groups in total. The van der Waals surface area contributed by atoms with Gasteiger partial charge < -0.3 is 30.4 Å². The highest BCUT2D eigenvalue weighted by Gasteiger charge is 2.82. The Morgan fingerprint density at radius 1 is 1.43 bits per heavy atom. The van der Waals surface area contributed by atoms with Gasteiger partial charge in [0.2, 0.25) is 0 Å². The maximum absolute atomic E-state index is 10.9. The Morgan fingerprint density at radius 2 is 2.19 bits per heavy atom. The van der Waals surface area contributed by atoms with Crippen LogP contribution in [0.5, 0.6) is 0 Å². The molecular formula is C13H16N4O4. The zero-order valence-corrected chi connectivity index (χ0v) is 11.3. The minimum atomic E-state index is -1.64. The minimum absolute atomic E-state index is 0.224. The summed E-state index contributed by atoms with van der Waals surface area (Å²) in [6.45, 7) is 1.73. The van der Waals surface area contributed by atoms with Crippen molar-refractivity contribution in [2.24, 2.45) is 0 Å². The van der Waals surface area contributed by atoms with Crippen LogP contribution in [0, 0.1) is 0 Å². The van der Waals surface area contributed by atoms with E-state index in [1.165, 1.54) is 6.33 Å². The number of ether oxygens (including phenoxy) is 1. The van der Waals surface area contributed by atoms with E-state index >= 15 is 0 Å². The summed E-state index contributed by atoms with van der Waals surface area (Å²) in [6, 6.07) is 1.73. The molecule has 0 bridgehead atoms. The third kappa shape index (κ3) is 1.29. The smallest absolute Gasteiger partial charge is 0.167 e. The summed E-state index contributed by atoms with van der Waals surface area (Å²) < 4.78 is 7.28. The van der Waals surface area contributed by atoms with Crippen LogP contribution in [0.25, 0.3) is 11.0 Å². The van der Waals surface area contributed by atoms with Gasteiger partial charge in [0.25, 0.3) is 0 Å². The van der Waals surface area contributed by atoms with Crippen LogP contribution in [0.1, 0.15) is 19.6 Å². The Balaban J connectivity index is 1.85. The summed E-state index contributed by atoms with van der Waals surface area (Å²) >= 11 is 0. The van der Waals surface area contributed by atoms with Crippen molar-refractivity contribution in [1.82, 2.24) is 14.5 Å². The highest BCUT2D eigenvalue weighted by atomic mass is 16.6. The number of aliphatic hydroxyl groups is 3. The van der Waals surface area contributed by atoms with E-state index in [0.29, 0.717) is 16.9 Å². The molecule has 1 saturated heterocycles. The van der Waals surface area contributed by atoms with Crippen LogP contribution in [-0.2, 0) is 4.74 Å². The van der Waals surface area contributed by atoms with Gasteiger partial charge in [0.1, 0.15) is 35.6 Å². The van der Waals surface area contributed by atoms with Crippen molar-refractivity contribution < 1.29 is 20.1 Å². The number of anilines is 1. The Kier molecular flexibility index (Phi) is 2.29. The van der Waals surface area contributed by atoms with Crippen LogP contribution in [0.4, 0.5) is 5.82 Å². The largest absolute Gasteiger partial charge is 0.387 e. The maximum atomic E-state index is 10.9. The van der Waals surface area contributed by atoms with E-state index in [4.69, 9.17) is 10.5 Å². The van der Waals surface area contributed by atoms with Gasteiger partial charge in [-0.25, -0.2) is 9.97 Å². The van der Waals surface area contributed by atoms with Crippen LogP contribution in [0.15, 0.2) is 18.6 Å². The van der Waals surface area contributed by atoms with Gasteiger partial charge in [0.15, 0.2) is 11.8 Å². The third-order valence-electron chi connectivity index (χ3n) is 4.77. The maximum Gasteiger partial charge on any atom is 0.167 e. The molecular weight excluding hydrogens is 276 g/mol. The van der Waals surface area contributed by atoms with Crippen LogP contribution in [0.3, 0.4) is 0 Å². The molecule has 21 heavy (non-hydrogen) atoms. The molecule has 1 aliphatic heterocycles. The molecule has 0 amide bonds. The number of hydrogen-bond donors (Lipinski definition) is 4. The third-order valence-corrected chi connectivity index (χ3v) is 4.77. The second-order valence-corrected chi connectivity index (χ2v) is 5.68. The predicted octanol–water partition coefficient (Wildman–Crippen LogP) is -0.842. The lowest BCUT2D eigenvalue weighted by Crippen LogP contribution is -2.50. The SMILES string of the molecule is CC[C@]1(O)[C@H](n2ccc3c(N)ncnc32)O[C@@H]2C(O)[C@@]21O. The molecule has 2 aromatic heterocycles. The summed E-state index contributed by atoms with van der Waals surface area (Å²) in [5.74, 6) is 0.334. The molecule has 2 aliphatic rings. The van der Waals surface area contributed by atoms with E-state index < -0.39 is 29.6 Å². The van der Waals surface area contributed by atoms with Crippen LogP contribution in [-0.4, -0.2) is 53.3 Å². The molecule has 1 unspecified atom stereocenters. The Morgan fingerprint density at radius 3 is 2.90 bits per heavy atom. The normalized spacial score (nSPS) is 41.4. The molecule has 4 rings (SSSR count). The molecule has 0 radical (unpaired) electrons. The minimum Gasteiger partial charge on any atom is -0.387 e. The molecule has 0 aromatic carbocycles. The quantitative estimate of drug-likeness (QED) is 0.568. The Hall–Kier alpha value is -1.74. The van der Waals surface area contributed by atoms with Crippen molar-refractivity contribution in [1.29, 1.82) is 0 Å². The average molecular weight is 292 g/mol. The lowest BCUT2D eigenvalue weighted by atomic mass is 9.90. The first kappa shape index (κ1) is 13.0. The lowest BCUT2D eigenvalue weighted by Gasteiger charge is -2.35. The van der Waals surface area contributed by atoms with E-state index in [1.54, 1.807) is 23.8 Å². The zero-order chi connectivity index (χ0) is 15.0. The molecule has 8 nitrogen and oxygen atoms in total. The lowest BCUT2D eigenvalue weighted by molar-refractivity contribution is -0.169. The van der Waals surface area contributed by atoms with E-state index in [0.717, 1.165) is 0 Å². The number of rotatable bonds is 2. The van der Waals surface area contributed by atoms with Crippen molar-refractivity contribution in [3.8, 4) is 0 Å². The van der Waals surface area contributed by atoms with Gasteiger partial charge in [-0.15, -0.1) is 0 Å². The topological polar surface area (TPSA) is 127 Å². The zero-order valence-electron chi connectivity index (χ0n) is 11.3. The number of fused-ring (bicyclic) bond motifs is 2. The number of nitrogens with two attached hydrogens (primary N) is 1. The average Bonchev–Trinajstić information content (AvgIpc) is 2.82. The van der Waals surface area contributed by atoms with E-state index in [1.807, 2.05) is 0 Å². The van der Waals surface area contributed by atoms with Gasteiger partial charge in [0.05, 0.1) is 5.39 Å². The summed E-state index contributed by atoms with van der Waals surface area (Å²) in [6.07, 6.45) is 0.541. The molecule has 0 spiro atoms. The molecule has 2 aromatic rings. The first-order valence-electron chi connectivity index (χ1n) is 6.80. The fourth-order valence-electron chi connectivity index (χ4n) is 3.39. The second kappa shape index (κ2) is 3.72. The monoisotopic (exact) mass is 292 g/mol. The molecule has 2 fully saturated rings. The van der Waals surface area contributed by atoms with Crippen molar-refractivity contribution in [3.05, 3.63) is 18.6 Å². The van der Waals surface area contributed by atoms with Crippen molar-refractivity contribution >= 4 is 16.9 Å². The second-order valence-electron chi connectivity index (χ2n) is 5.68. The highest BCUT2D eigenvalue weighted by molar-refractivity contribution is 5.86. The number of nitrogens with zero attached hydrogens (tertiary/aromatic N) is 3. The van der Waals surface area contributed by atoms with E-state index in [2.05, 4.69) is 9.97 Å². The van der Waals surface area contributed by atoms with Crippen molar-refractivity contribution in [2.75, 3.05) is 5.73 Å². The first-order valence-corrected chi connectivity index (χ1v) is 6.80. The Labute approximate surface area is 119 Å². The van der Waals surface area contributed by atoms with Crippen LogP contribution < -0.4 is 5.73 Å². The van der Waals surface area contributed by atoms with Crippen molar-refractivity contribution in [3.63, 3.8) is 0 Å². The molecule has 3 heterocycles. The van der Waals surface area contributed by atoms with Crippen LogP contribution in [0.2, 0.25) is 0 Å². The highest BCUT2D eigenvalue weighted by Crippen LogP contribution is 2.61. The number of hydrogen-bond acceptors (Lipinski definition) is 7. The standard InChI is InChI=1S/C13H16N4O4/c1-2-12(19)11(21-8-7(18)13(8,12)20)17-4-3-6-9(14)15-5-16-10(6)17/h3-5,7-8,11,18-20H,2H2,1H3,(H2,14,15,16)/t7?,8-,11-,12+,13-/m1/s1. The van der Waals surface area contributed by atoms with Gasteiger partial charge in [-0.2, -0.15) is 0 Å². The molecule has 1 saturated carbocycles. The van der Waals surface area contributed by atoms with Crippen LogP contribution >= 0.6 is 0 Å². The van der Waals surface area contributed by atoms with E-state index in [-0.39, 0.29) is 6.42 Å². The fourth-order valence-corrected chi connectivity index (χ4v) is 3.39. The number of aromatic nitrogens is 3. The first-order chi connectivity index (χ1) is 9.95. The Bertz CT molecular complexity index is 734. The molecule has 1 aliphatic carbocycles. The summed E-state index contributed by atoms with van der Waals surface area (Å²) in [5.41, 5.74) is 3.08. The summed E-state index contributed by atoms with van der Waals surface area (Å²) in [7, 11) is 0. The van der Waals surface area contributed by atoms with Gasteiger partial charge in [-0.1, -0.05) is 6.92 Å². The van der Waals surface area contributed by atoms with Gasteiger partial charge in [-0.05, 0) is 12.5 Å². The van der Waals surface area contributed by atoms with Gasteiger partial charge in [-0.3, -0.25) is 0 Å². The fraction of sp³-hybridized carbons (Fsp3) is 0.538. The van der Waals surface area contributed by atoms with Crippen molar-refractivity contribution in [2.45, 2.75) is 43.0 Å².